The van der Waals surface area contributed by atoms with Crippen molar-refractivity contribution < 1.29 is 4.79 Å². The van der Waals surface area contributed by atoms with Crippen molar-refractivity contribution in [2.75, 3.05) is 17.2 Å². The molecule has 0 saturated heterocycles. The topological polar surface area (TPSA) is 66.1 Å². The smallest absolute Gasteiger partial charge is 0.260 e. The number of carbonyl (C=O) groups excluding carboxylic acids is 1. The van der Waals surface area contributed by atoms with Crippen LogP contribution in [0.15, 0.2) is 34.2 Å². The first-order valence-electron chi connectivity index (χ1n) is 9.26. The Morgan fingerprint density at radius 3 is 3.00 bits per heavy atom. The molecular formula is C20H19N3O2S2. The number of hydrogen-bond acceptors (Lipinski definition) is 5. The van der Waals surface area contributed by atoms with Crippen LogP contribution >= 0.6 is 23.1 Å². The summed E-state index contributed by atoms with van der Waals surface area (Å²) in [6, 6.07) is 8.03. The average Bonchev–Trinajstić information content (AvgIpc) is 3.27. The molecule has 0 bridgehead atoms. The van der Waals surface area contributed by atoms with Crippen molar-refractivity contribution in [3.8, 4) is 0 Å². The number of anilines is 1. The first-order valence-corrected chi connectivity index (χ1v) is 11.1. The number of aromatic nitrogens is 2. The van der Waals surface area contributed by atoms with E-state index in [1.807, 2.05) is 23.1 Å². The Kier molecular flexibility index (Phi) is 4.28. The normalized spacial score (nSPS) is 15.8. The van der Waals surface area contributed by atoms with Gasteiger partial charge in [0.15, 0.2) is 5.16 Å². The van der Waals surface area contributed by atoms with Crippen LogP contribution in [0.1, 0.15) is 28.8 Å². The van der Waals surface area contributed by atoms with E-state index in [4.69, 9.17) is 0 Å². The fourth-order valence-electron chi connectivity index (χ4n) is 4.02. The van der Waals surface area contributed by atoms with Crippen LogP contribution in [-0.4, -0.2) is 28.2 Å². The van der Waals surface area contributed by atoms with Gasteiger partial charge in [0.1, 0.15) is 4.83 Å². The molecule has 1 N–H and O–H groups in total. The minimum Gasteiger partial charge on any atom is -0.311 e. The molecule has 3 aromatic rings. The third-order valence-corrected chi connectivity index (χ3v) is 7.37. The van der Waals surface area contributed by atoms with Gasteiger partial charge in [-0.3, -0.25) is 9.59 Å². The van der Waals surface area contributed by atoms with Crippen LogP contribution in [0.5, 0.6) is 0 Å². The second-order valence-corrected chi connectivity index (χ2v) is 9.02. The predicted octanol–water partition coefficient (Wildman–Crippen LogP) is 3.54. The van der Waals surface area contributed by atoms with Gasteiger partial charge < -0.3 is 9.88 Å². The standard InChI is InChI=1S/C20H19N3O2S2/c24-16(23-10-9-12-5-1-3-7-14(12)23)11-26-20-21-18(25)17-13-6-2-4-8-15(13)27-19(17)22-20/h1,3,5,7H,2,4,6,8-11H2,(H,21,22,25). The summed E-state index contributed by atoms with van der Waals surface area (Å²) in [6.45, 7) is 0.722. The van der Waals surface area contributed by atoms with E-state index in [9.17, 15) is 9.59 Å². The Morgan fingerprint density at radius 1 is 1.22 bits per heavy atom. The van der Waals surface area contributed by atoms with Crippen LogP contribution in [0, 0.1) is 0 Å². The summed E-state index contributed by atoms with van der Waals surface area (Å²) >= 11 is 2.95. The Bertz CT molecular complexity index is 1100. The minimum atomic E-state index is -0.0686. The fraction of sp³-hybridized carbons (Fsp3) is 0.350. The van der Waals surface area contributed by atoms with E-state index < -0.39 is 0 Å². The first-order chi connectivity index (χ1) is 13.2. The van der Waals surface area contributed by atoms with Crippen LogP contribution in [0.3, 0.4) is 0 Å². The van der Waals surface area contributed by atoms with Crippen LogP contribution in [0.25, 0.3) is 10.2 Å². The van der Waals surface area contributed by atoms with E-state index in [1.54, 1.807) is 11.3 Å². The number of hydrogen-bond donors (Lipinski definition) is 1. The number of fused-ring (bicyclic) bond motifs is 4. The van der Waals surface area contributed by atoms with Gasteiger partial charge in [0.05, 0.1) is 11.1 Å². The SMILES string of the molecule is O=C(CSc1nc2sc3c(c2c(=O)[nH]1)CCCC3)N1CCc2ccccc21. The van der Waals surface area contributed by atoms with Crippen LogP contribution in [0.4, 0.5) is 5.69 Å². The number of aryl methyl sites for hydroxylation is 2. The molecule has 0 atom stereocenters. The molecule has 0 unspecified atom stereocenters. The maximum absolute atomic E-state index is 12.7. The maximum atomic E-state index is 12.7. The third-order valence-electron chi connectivity index (χ3n) is 5.32. The quantitative estimate of drug-likeness (QED) is 0.542. The second-order valence-electron chi connectivity index (χ2n) is 6.97. The highest BCUT2D eigenvalue weighted by Gasteiger charge is 2.25. The minimum absolute atomic E-state index is 0.0539. The number of nitrogens with one attached hydrogen (secondary N) is 1. The predicted molar refractivity (Wildman–Crippen MR) is 110 cm³/mol. The molecule has 2 aliphatic rings. The van der Waals surface area contributed by atoms with Gasteiger partial charge in [0.25, 0.3) is 5.56 Å². The number of thioether (sulfide) groups is 1. The molecule has 2 aromatic heterocycles. The third kappa shape index (κ3) is 2.99. The molecule has 138 valence electrons. The van der Waals surface area contributed by atoms with E-state index in [0.717, 1.165) is 48.1 Å². The molecule has 3 heterocycles. The van der Waals surface area contributed by atoms with Gasteiger partial charge >= 0.3 is 0 Å². The van der Waals surface area contributed by atoms with Gasteiger partial charge in [-0.2, -0.15) is 0 Å². The number of para-hydroxylation sites is 1. The molecule has 1 aromatic carbocycles. The van der Waals surface area contributed by atoms with Crippen molar-refractivity contribution in [1.82, 2.24) is 9.97 Å². The summed E-state index contributed by atoms with van der Waals surface area (Å²) in [5.74, 6) is 0.326. The highest BCUT2D eigenvalue weighted by atomic mass is 32.2. The molecule has 0 fully saturated rings. The van der Waals surface area contributed by atoms with E-state index >= 15 is 0 Å². The zero-order valence-corrected chi connectivity index (χ0v) is 16.4. The molecule has 1 aliphatic carbocycles. The lowest BCUT2D eigenvalue weighted by Gasteiger charge is -2.16. The molecule has 1 aliphatic heterocycles. The molecule has 7 heteroatoms. The van der Waals surface area contributed by atoms with Crippen molar-refractivity contribution in [3.05, 3.63) is 50.6 Å². The molecule has 0 saturated carbocycles. The number of thiophene rings is 1. The van der Waals surface area contributed by atoms with Crippen LogP contribution in [-0.2, 0) is 24.1 Å². The summed E-state index contributed by atoms with van der Waals surface area (Å²) in [7, 11) is 0. The summed E-state index contributed by atoms with van der Waals surface area (Å²) in [4.78, 5) is 36.8. The van der Waals surface area contributed by atoms with Crippen molar-refractivity contribution in [2.45, 2.75) is 37.3 Å². The van der Waals surface area contributed by atoms with E-state index in [2.05, 4.69) is 16.0 Å². The number of H-pyrrole nitrogens is 1. The number of amides is 1. The van der Waals surface area contributed by atoms with Gasteiger partial charge in [-0.25, -0.2) is 4.98 Å². The number of benzene rings is 1. The molecule has 0 radical (unpaired) electrons. The molecule has 27 heavy (non-hydrogen) atoms. The van der Waals surface area contributed by atoms with Crippen LogP contribution in [0.2, 0.25) is 0 Å². The number of rotatable bonds is 3. The lowest BCUT2D eigenvalue weighted by molar-refractivity contribution is -0.116. The van der Waals surface area contributed by atoms with Gasteiger partial charge in [-0.15, -0.1) is 11.3 Å². The summed E-state index contributed by atoms with van der Waals surface area (Å²) in [6.07, 6.45) is 5.24. The largest absolute Gasteiger partial charge is 0.311 e. The average molecular weight is 398 g/mol. The second kappa shape index (κ2) is 6.80. The van der Waals surface area contributed by atoms with Crippen molar-refractivity contribution in [3.63, 3.8) is 0 Å². The molecule has 0 spiro atoms. The highest BCUT2D eigenvalue weighted by molar-refractivity contribution is 7.99. The number of aromatic amines is 1. The lowest BCUT2D eigenvalue weighted by Crippen LogP contribution is -2.30. The summed E-state index contributed by atoms with van der Waals surface area (Å²) in [5.41, 5.74) is 3.34. The van der Waals surface area contributed by atoms with E-state index in [0.29, 0.717) is 5.16 Å². The van der Waals surface area contributed by atoms with E-state index in [1.165, 1.54) is 34.2 Å². The highest BCUT2D eigenvalue weighted by Crippen LogP contribution is 2.34. The summed E-state index contributed by atoms with van der Waals surface area (Å²) in [5, 5.41) is 1.30. The Hall–Kier alpha value is -2.12. The fourth-order valence-corrected chi connectivity index (χ4v) is 6.07. The Morgan fingerprint density at radius 2 is 2.07 bits per heavy atom. The van der Waals surface area contributed by atoms with Crippen molar-refractivity contribution >= 4 is 44.9 Å². The summed E-state index contributed by atoms with van der Waals surface area (Å²) < 4.78 is 0. The molecular weight excluding hydrogens is 378 g/mol. The molecule has 1 amide bonds. The zero-order valence-electron chi connectivity index (χ0n) is 14.8. The lowest BCUT2D eigenvalue weighted by atomic mass is 9.97. The van der Waals surface area contributed by atoms with Gasteiger partial charge in [0.2, 0.25) is 5.91 Å². The van der Waals surface area contributed by atoms with Crippen LogP contribution < -0.4 is 10.5 Å². The Labute approximate surface area is 164 Å². The number of nitrogens with zero attached hydrogens (tertiary/aromatic N) is 2. The van der Waals surface area contributed by atoms with Crippen molar-refractivity contribution in [1.29, 1.82) is 0 Å². The molecule has 5 rings (SSSR count). The maximum Gasteiger partial charge on any atom is 0.260 e. The molecule has 5 nitrogen and oxygen atoms in total. The first kappa shape index (κ1) is 17.0. The van der Waals surface area contributed by atoms with Crippen molar-refractivity contribution in [2.24, 2.45) is 0 Å². The van der Waals surface area contributed by atoms with Gasteiger partial charge in [-0.05, 0) is 49.3 Å². The monoisotopic (exact) mass is 397 g/mol. The Balaban J connectivity index is 1.36. The van der Waals surface area contributed by atoms with Gasteiger partial charge in [-0.1, -0.05) is 30.0 Å². The van der Waals surface area contributed by atoms with Gasteiger partial charge in [0, 0.05) is 17.1 Å². The number of carbonyl (C=O) groups is 1. The zero-order chi connectivity index (χ0) is 18.4. The van der Waals surface area contributed by atoms with E-state index in [-0.39, 0.29) is 17.2 Å².